The largest absolute Gasteiger partial charge is 0.320 e. The van der Waals surface area contributed by atoms with Crippen LogP contribution in [0.1, 0.15) is 17.2 Å². The van der Waals surface area contributed by atoms with Gasteiger partial charge in [0.25, 0.3) is 0 Å². The summed E-state index contributed by atoms with van der Waals surface area (Å²) >= 11 is 0. The fourth-order valence-electron chi connectivity index (χ4n) is 3.17. The highest BCUT2D eigenvalue weighted by Crippen LogP contribution is 2.46. The number of fused-ring (bicyclic) bond motifs is 3. The molecule has 3 aromatic carbocycles. The fraction of sp³-hybridized carbons (Fsp3) is 0.0526. The zero-order chi connectivity index (χ0) is 13.5. The van der Waals surface area contributed by atoms with Crippen molar-refractivity contribution in [2.45, 2.75) is 6.04 Å². The van der Waals surface area contributed by atoms with Crippen LogP contribution in [0.2, 0.25) is 0 Å². The average Bonchev–Trinajstić information content (AvgIpc) is 2.82. The van der Waals surface area contributed by atoms with Crippen LogP contribution in [0.25, 0.3) is 22.3 Å². The molecular weight excluding hydrogens is 242 g/mol. The molecule has 0 bridgehead atoms. The number of hydrogen-bond donors (Lipinski definition) is 1. The molecule has 0 radical (unpaired) electrons. The van der Waals surface area contributed by atoms with Crippen LogP contribution < -0.4 is 5.73 Å². The van der Waals surface area contributed by atoms with E-state index in [2.05, 4.69) is 66.7 Å². The van der Waals surface area contributed by atoms with Crippen LogP contribution in [0.3, 0.4) is 0 Å². The Balaban J connectivity index is 2.00. The third-order valence-corrected chi connectivity index (χ3v) is 4.09. The Morgan fingerprint density at radius 2 is 1.25 bits per heavy atom. The van der Waals surface area contributed by atoms with Gasteiger partial charge in [-0.3, -0.25) is 0 Å². The average molecular weight is 257 g/mol. The predicted molar refractivity (Wildman–Crippen MR) is 83.3 cm³/mol. The van der Waals surface area contributed by atoms with Crippen molar-refractivity contribution in [3.05, 3.63) is 83.9 Å². The molecule has 0 saturated carbocycles. The summed E-state index contributed by atoms with van der Waals surface area (Å²) < 4.78 is 0. The second-order valence-electron chi connectivity index (χ2n) is 5.20. The van der Waals surface area contributed by atoms with E-state index in [0.29, 0.717) is 0 Å². The number of nitrogens with two attached hydrogens (primary N) is 1. The van der Waals surface area contributed by atoms with Gasteiger partial charge in [0.05, 0.1) is 6.04 Å². The van der Waals surface area contributed by atoms with Crippen molar-refractivity contribution in [2.75, 3.05) is 0 Å². The molecule has 0 heterocycles. The zero-order valence-corrected chi connectivity index (χ0v) is 11.1. The van der Waals surface area contributed by atoms with Gasteiger partial charge < -0.3 is 5.73 Å². The number of rotatable bonds is 1. The first kappa shape index (κ1) is 11.4. The topological polar surface area (TPSA) is 26.0 Å². The molecule has 3 aromatic rings. The molecule has 96 valence electrons. The minimum absolute atomic E-state index is 0.0300. The van der Waals surface area contributed by atoms with Crippen LogP contribution in [-0.2, 0) is 0 Å². The Labute approximate surface area is 118 Å². The maximum absolute atomic E-state index is 6.50. The SMILES string of the molecule is NC1c2ccccc2-c2cccc(-c3ccccc3)c21. The molecule has 0 fully saturated rings. The molecular formula is C19H15N. The van der Waals surface area contributed by atoms with E-state index in [1.807, 2.05) is 6.07 Å². The normalized spacial score (nSPS) is 15.8. The van der Waals surface area contributed by atoms with Gasteiger partial charge in [-0.25, -0.2) is 0 Å². The molecule has 0 aliphatic heterocycles. The third-order valence-electron chi connectivity index (χ3n) is 4.09. The van der Waals surface area contributed by atoms with Gasteiger partial charge in [-0.15, -0.1) is 0 Å². The van der Waals surface area contributed by atoms with Crippen molar-refractivity contribution >= 4 is 0 Å². The van der Waals surface area contributed by atoms with Crippen molar-refractivity contribution < 1.29 is 0 Å². The van der Waals surface area contributed by atoms with E-state index >= 15 is 0 Å². The summed E-state index contributed by atoms with van der Waals surface area (Å²) in [6.07, 6.45) is 0. The molecule has 1 aliphatic carbocycles. The quantitative estimate of drug-likeness (QED) is 0.687. The van der Waals surface area contributed by atoms with Crippen LogP contribution in [0, 0.1) is 0 Å². The van der Waals surface area contributed by atoms with Gasteiger partial charge in [0.2, 0.25) is 0 Å². The van der Waals surface area contributed by atoms with Crippen molar-refractivity contribution in [1.29, 1.82) is 0 Å². The van der Waals surface area contributed by atoms with E-state index in [-0.39, 0.29) is 6.04 Å². The maximum Gasteiger partial charge on any atom is 0.0570 e. The van der Waals surface area contributed by atoms with Gasteiger partial charge in [-0.05, 0) is 33.4 Å². The van der Waals surface area contributed by atoms with Crippen molar-refractivity contribution in [3.63, 3.8) is 0 Å². The summed E-state index contributed by atoms with van der Waals surface area (Å²) in [7, 11) is 0. The van der Waals surface area contributed by atoms with Gasteiger partial charge in [-0.1, -0.05) is 72.8 Å². The fourth-order valence-corrected chi connectivity index (χ4v) is 3.17. The van der Waals surface area contributed by atoms with Crippen LogP contribution in [-0.4, -0.2) is 0 Å². The van der Waals surface area contributed by atoms with Crippen molar-refractivity contribution in [3.8, 4) is 22.3 Å². The standard InChI is InChI=1S/C19H15N/c20-19-17-10-5-4-9-15(17)16-12-6-11-14(18(16)19)13-7-2-1-3-8-13/h1-12,19H,20H2. The number of benzene rings is 3. The van der Waals surface area contributed by atoms with E-state index in [1.165, 1.54) is 33.4 Å². The molecule has 0 saturated heterocycles. The van der Waals surface area contributed by atoms with Crippen LogP contribution in [0.5, 0.6) is 0 Å². The molecule has 0 spiro atoms. The van der Waals surface area contributed by atoms with E-state index in [4.69, 9.17) is 5.73 Å². The van der Waals surface area contributed by atoms with Crippen LogP contribution in [0.15, 0.2) is 72.8 Å². The molecule has 20 heavy (non-hydrogen) atoms. The summed E-state index contributed by atoms with van der Waals surface area (Å²) in [5.41, 5.74) is 14.0. The van der Waals surface area contributed by atoms with Crippen molar-refractivity contribution in [1.82, 2.24) is 0 Å². The highest BCUT2D eigenvalue weighted by atomic mass is 14.7. The molecule has 4 rings (SSSR count). The van der Waals surface area contributed by atoms with Gasteiger partial charge in [-0.2, -0.15) is 0 Å². The first-order valence-corrected chi connectivity index (χ1v) is 6.89. The molecule has 1 aliphatic rings. The van der Waals surface area contributed by atoms with Gasteiger partial charge in [0, 0.05) is 0 Å². The monoisotopic (exact) mass is 257 g/mol. The molecule has 1 heteroatoms. The summed E-state index contributed by atoms with van der Waals surface area (Å²) in [5, 5.41) is 0. The first-order valence-electron chi connectivity index (χ1n) is 6.89. The minimum Gasteiger partial charge on any atom is -0.320 e. The summed E-state index contributed by atoms with van der Waals surface area (Å²) in [4.78, 5) is 0. The highest BCUT2D eigenvalue weighted by Gasteiger charge is 2.27. The zero-order valence-electron chi connectivity index (χ0n) is 11.1. The molecule has 1 nitrogen and oxygen atoms in total. The highest BCUT2D eigenvalue weighted by molar-refractivity contribution is 5.86. The van der Waals surface area contributed by atoms with E-state index in [9.17, 15) is 0 Å². The van der Waals surface area contributed by atoms with Gasteiger partial charge in [0.15, 0.2) is 0 Å². The smallest absolute Gasteiger partial charge is 0.0570 e. The Kier molecular flexibility index (Phi) is 2.48. The van der Waals surface area contributed by atoms with Crippen LogP contribution >= 0.6 is 0 Å². The van der Waals surface area contributed by atoms with E-state index < -0.39 is 0 Å². The van der Waals surface area contributed by atoms with Crippen molar-refractivity contribution in [2.24, 2.45) is 5.73 Å². The molecule has 0 amide bonds. The lowest BCUT2D eigenvalue weighted by Gasteiger charge is -2.13. The Hall–Kier alpha value is -2.38. The first-order chi connectivity index (χ1) is 9.86. The molecule has 0 aromatic heterocycles. The summed E-state index contributed by atoms with van der Waals surface area (Å²) in [5.74, 6) is 0. The second kappa shape index (κ2) is 4.32. The third kappa shape index (κ3) is 1.54. The van der Waals surface area contributed by atoms with Gasteiger partial charge >= 0.3 is 0 Å². The lowest BCUT2D eigenvalue weighted by Crippen LogP contribution is -2.09. The minimum atomic E-state index is -0.0300. The summed E-state index contributed by atoms with van der Waals surface area (Å²) in [6.45, 7) is 0. The second-order valence-corrected chi connectivity index (χ2v) is 5.20. The predicted octanol–water partition coefficient (Wildman–Crippen LogP) is 4.38. The molecule has 1 unspecified atom stereocenters. The Bertz CT molecular complexity index is 775. The lowest BCUT2D eigenvalue weighted by molar-refractivity contribution is 0.903. The lowest BCUT2D eigenvalue weighted by atomic mass is 9.94. The number of hydrogen-bond acceptors (Lipinski definition) is 1. The Morgan fingerprint density at radius 3 is 2.10 bits per heavy atom. The Morgan fingerprint density at radius 1 is 0.600 bits per heavy atom. The summed E-state index contributed by atoms with van der Waals surface area (Å²) in [6, 6.07) is 25.3. The van der Waals surface area contributed by atoms with Gasteiger partial charge in [0.1, 0.15) is 0 Å². The molecule has 1 atom stereocenters. The maximum atomic E-state index is 6.50. The van der Waals surface area contributed by atoms with Crippen LogP contribution in [0.4, 0.5) is 0 Å². The van der Waals surface area contributed by atoms with E-state index in [1.54, 1.807) is 0 Å². The molecule has 2 N–H and O–H groups in total. The van der Waals surface area contributed by atoms with E-state index in [0.717, 1.165) is 0 Å².